The molecule has 2 aliphatic heterocycles. The summed E-state index contributed by atoms with van der Waals surface area (Å²) < 4.78 is 16.4. The molecule has 1 aromatic rings. The smallest absolute Gasteiger partial charge is 0.276 e. The summed E-state index contributed by atoms with van der Waals surface area (Å²) in [6, 6.07) is 3.71. The van der Waals surface area contributed by atoms with Crippen molar-refractivity contribution in [2.24, 2.45) is 0 Å². The van der Waals surface area contributed by atoms with E-state index in [4.69, 9.17) is 26.4 Å². The summed E-state index contributed by atoms with van der Waals surface area (Å²) in [4.78, 5) is 14.3. The minimum atomic E-state index is -0.143. The Labute approximate surface area is 152 Å². The van der Waals surface area contributed by atoms with E-state index in [1.165, 1.54) is 0 Å². The molecule has 0 spiro atoms. The highest BCUT2D eigenvalue weighted by atomic mass is 32.1. The highest BCUT2D eigenvalue weighted by Gasteiger charge is 2.33. The number of thiocarbonyl (C=S) groups is 1. The third kappa shape index (κ3) is 3.48. The summed E-state index contributed by atoms with van der Waals surface area (Å²) in [5, 5.41) is 3.42. The van der Waals surface area contributed by atoms with Gasteiger partial charge in [0.25, 0.3) is 5.91 Å². The third-order valence-electron chi connectivity index (χ3n) is 4.48. The van der Waals surface area contributed by atoms with Crippen LogP contribution in [0.25, 0.3) is 6.08 Å². The van der Waals surface area contributed by atoms with Crippen molar-refractivity contribution >= 4 is 29.3 Å². The minimum Gasteiger partial charge on any atom is -0.496 e. The molecule has 0 aromatic heterocycles. The zero-order valence-corrected chi connectivity index (χ0v) is 15.4. The van der Waals surface area contributed by atoms with Crippen LogP contribution >= 0.6 is 12.2 Å². The lowest BCUT2D eigenvalue weighted by Gasteiger charge is -2.18. The van der Waals surface area contributed by atoms with Crippen molar-refractivity contribution < 1.29 is 19.0 Å². The van der Waals surface area contributed by atoms with Crippen LogP contribution in [-0.4, -0.2) is 49.4 Å². The lowest BCUT2D eigenvalue weighted by Crippen LogP contribution is -2.37. The molecule has 3 rings (SSSR count). The SMILES string of the molecule is COc1ccc(/C=C2\NC(=S)N(C[C@@H]3CCCO3)C2=O)c(OC)c1C. The fourth-order valence-corrected chi connectivity index (χ4v) is 3.45. The summed E-state index contributed by atoms with van der Waals surface area (Å²) in [5.74, 6) is 1.27. The Kier molecular flexibility index (Phi) is 5.24. The first-order chi connectivity index (χ1) is 12.0. The molecule has 1 N–H and O–H groups in total. The molecule has 0 saturated carbocycles. The molecule has 25 heavy (non-hydrogen) atoms. The van der Waals surface area contributed by atoms with Crippen LogP contribution in [0.15, 0.2) is 17.8 Å². The molecule has 1 amide bonds. The summed E-state index contributed by atoms with van der Waals surface area (Å²) in [7, 11) is 3.21. The number of hydrogen-bond donors (Lipinski definition) is 1. The molecule has 1 aromatic carbocycles. The largest absolute Gasteiger partial charge is 0.496 e. The van der Waals surface area contributed by atoms with Crippen molar-refractivity contribution in [2.45, 2.75) is 25.9 Å². The molecule has 0 bridgehead atoms. The second-order valence-corrected chi connectivity index (χ2v) is 6.44. The van der Waals surface area contributed by atoms with Crippen LogP contribution in [-0.2, 0) is 9.53 Å². The molecule has 1 atom stereocenters. The third-order valence-corrected chi connectivity index (χ3v) is 4.81. The van der Waals surface area contributed by atoms with Crippen LogP contribution < -0.4 is 14.8 Å². The van der Waals surface area contributed by atoms with Crippen LogP contribution in [0, 0.1) is 6.92 Å². The van der Waals surface area contributed by atoms with E-state index in [2.05, 4.69) is 5.32 Å². The van der Waals surface area contributed by atoms with Gasteiger partial charge in [0.1, 0.15) is 17.2 Å². The van der Waals surface area contributed by atoms with Gasteiger partial charge < -0.3 is 19.5 Å². The highest BCUT2D eigenvalue weighted by Crippen LogP contribution is 2.33. The van der Waals surface area contributed by atoms with Crippen molar-refractivity contribution in [2.75, 3.05) is 27.4 Å². The van der Waals surface area contributed by atoms with Gasteiger partial charge in [0.05, 0.1) is 26.9 Å². The second-order valence-electron chi connectivity index (χ2n) is 6.05. The van der Waals surface area contributed by atoms with Crippen molar-refractivity contribution in [1.29, 1.82) is 0 Å². The number of amides is 1. The number of nitrogens with zero attached hydrogens (tertiary/aromatic N) is 1. The van der Waals surface area contributed by atoms with E-state index < -0.39 is 0 Å². The van der Waals surface area contributed by atoms with Gasteiger partial charge in [-0.2, -0.15) is 0 Å². The van der Waals surface area contributed by atoms with Gasteiger partial charge in [-0.25, -0.2) is 0 Å². The van der Waals surface area contributed by atoms with Crippen molar-refractivity contribution in [1.82, 2.24) is 10.2 Å². The zero-order valence-electron chi connectivity index (χ0n) is 14.6. The molecule has 0 radical (unpaired) electrons. The zero-order chi connectivity index (χ0) is 18.0. The van der Waals surface area contributed by atoms with Crippen LogP contribution in [0.4, 0.5) is 0 Å². The van der Waals surface area contributed by atoms with Crippen LogP contribution in [0.5, 0.6) is 11.5 Å². The van der Waals surface area contributed by atoms with Crippen LogP contribution in [0.1, 0.15) is 24.0 Å². The quantitative estimate of drug-likeness (QED) is 0.640. The summed E-state index contributed by atoms with van der Waals surface area (Å²) in [6.45, 7) is 3.15. The van der Waals surface area contributed by atoms with E-state index in [0.717, 1.165) is 36.3 Å². The predicted octanol–water partition coefficient (Wildman–Crippen LogP) is 2.25. The van der Waals surface area contributed by atoms with Crippen LogP contribution in [0.2, 0.25) is 0 Å². The fourth-order valence-electron chi connectivity index (χ4n) is 3.19. The molecule has 2 aliphatic rings. The number of carbonyl (C=O) groups is 1. The monoisotopic (exact) mass is 362 g/mol. The average molecular weight is 362 g/mol. The molecule has 134 valence electrons. The summed E-state index contributed by atoms with van der Waals surface area (Å²) in [5.41, 5.74) is 2.10. The van der Waals surface area contributed by atoms with Gasteiger partial charge in [-0.15, -0.1) is 0 Å². The molecule has 6 nitrogen and oxygen atoms in total. The average Bonchev–Trinajstić information content (AvgIpc) is 3.20. The molecular formula is C18H22N2O4S. The lowest BCUT2D eigenvalue weighted by molar-refractivity contribution is -0.123. The van der Waals surface area contributed by atoms with Crippen molar-refractivity contribution in [3.05, 3.63) is 29.0 Å². The van der Waals surface area contributed by atoms with Gasteiger partial charge in [-0.1, -0.05) is 0 Å². The van der Waals surface area contributed by atoms with E-state index in [0.29, 0.717) is 23.1 Å². The Morgan fingerprint density at radius 2 is 2.20 bits per heavy atom. The maximum atomic E-state index is 12.7. The van der Waals surface area contributed by atoms with Gasteiger partial charge in [0.2, 0.25) is 0 Å². The summed E-state index contributed by atoms with van der Waals surface area (Å²) >= 11 is 5.32. The van der Waals surface area contributed by atoms with E-state index in [9.17, 15) is 4.79 Å². The van der Waals surface area contributed by atoms with E-state index >= 15 is 0 Å². The van der Waals surface area contributed by atoms with E-state index in [-0.39, 0.29) is 12.0 Å². The van der Waals surface area contributed by atoms with Crippen molar-refractivity contribution in [3.63, 3.8) is 0 Å². The molecule has 2 fully saturated rings. The lowest BCUT2D eigenvalue weighted by atomic mass is 10.1. The standard InChI is InChI=1S/C18H22N2O4S/c1-11-15(22-2)7-6-12(16(11)23-3)9-14-17(21)20(18(25)19-14)10-13-5-4-8-24-13/h6-7,9,13H,4-5,8,10H2,1-3H3,(H,19,25)/b14-9-/t13-/m0/s1. The fraction of sp³-hybridized carbons (Fsp3) is 0.444. The minimum absolute atomic E-state index is 0.0563. The number of benzene rings is 1. The first kappa shape index (κ1) is 17.7. The van der Waals surface area contributed by atoms with Gasteiger partial charge in [0.15, 0.2) is 5.11 Å². The number of rotatable bonds is 5. The topological polar surface area (TPSA) is 60.0 Å². The summed E-state index contributed by atoms with van der Waals surface area (Å²) in [6.07, 6.45) is 3.80. The molecule has 0 unspecified atom stereocenters. The van der Waals surface area contributed by atoms with Gasteiger partial charge in [-0.05, 0) is 50.2 Å². The maximum Gasteiger partial charge on any atom is 0.276 e. The Bertz CT molecular complexity index is 726. The number of methoxy groups -OCH3 is 2. The first-order valence-corrected chi connectivity index (χ1v) is 8.63. The number of ether oxygens (including phenoxy) is 3. The normalized spacial score (nSPS) is 21.8. The van der Waals surface area contributed by atoms with Crippen molar-refractivity contribution in [3.8, 4) is 11.5 Å². The maximum absolute atomic E-state index is 12.7. The van der Waals surface area contributed by atoms with E-state index in [1.807, 2.05) is 19.1 Å². The number of carbonyl (C=O) groups excluding carboxylic acids is 1. The Balaban J connectivity index is 1.85. The number of hydrogen-bond acceptors (Lipinski definition) is 5. The van der Waals surface area contributed by atoms with E-state index in [1.54, 1.807) is 25.2 Å². The van der Waals surface area contributed by atoms with Gasteiger partial charge in [0, 0.05) is 17.7 Å². The molecule has 2 heterocycles. The molecular weight excluding hydrogens is 340 g/mol. The Hall–Kier alpha value is -2.12. The Morgan fingerprint density at radius 1 is 1.40 bits per heavy atom. The predicted molar refractivity (Wildman–Crippen MR) is 98.7 cm³/mol. The van der Waals surface area contributed by atoms with Gasteiger partial charge >= 0.3 is 0 Å². The molecule has 7 heteroatoms. The highest BCUT2D eigenvalue weighted by molar-refractivity contribution is 7.80. The van der Waals surface area contributed by atoms with Gasteiger partial charge in [-0.3, -0.25) is 9.69 Å². The first-order valence-electron chi connectivity index (χ1n) is 8.23. The van der Waals surface area contributed by atoms with Crippen LogP contribution in [0.3, 0.4) is 0 Å². The Morgan fingerprint density at radius 3 is 2.84 bits per heavy atom. The molecule has 0 aliphatic carbocycles. The second kappa shape index (κ2) is 7.41. The molecule has 2 saturated heterocycles. The number of nitrogens with one attached hydrogen (secondary N) is 1.